The van der Waals surface area contributed by atoms with Crippen LogP contribution in [0.1, 0.15) is 18.1 Å². The van der Waals surface area contributed by atoms with Crippen molar-refractivity contribution in [1.82, 2.24) is 4.31 Å². The van der Waals surface area contributed by atoms with Gasteiger partial charge in [0, 0.05) is 35.8 Å². The highest BCUT2D eigenvalue weighted by atomic mass is 79.9. The van der Waals surface area contributed by atoms with E-state index in [2.05, 4.69) is 15.9 Å². The summed E-state index contributed by atoms with van der Waals surface area (Å²) < 4.78 is 82.0. The molecule has 3 rings (SSSR count). The van der Waals surface area contributed by atoms with Crippen LogP contribution in [0.15, 0.2) is 45.8 Å². The number of benzene rings is 2. The Labute approximate surface area is 179 Å². The lowest BCUT2D eigenvalue weighted by atomic mass is 10.1. The monoisotopic (exact) mass is 505 g/mol. The van der Waals surface area contributed by atoms with E-state index in [1.807, 2.05) is 0 Å². The highest BCUT2D eigenvalue weighted by molar-refractivity contribution is 9.10. The molecule has 1 fully saturated rings. The molecule has 0 radical (unpaired) electrons. The van der Waals surface area contributed by atoms with Crippen molar-refractivity contribution in [3.8, 4) is 6.07 Å². The minimum Gasteiger partial charge on any atom is -0.368 e. The fourth-order valence-electron chi connectivity index (χ4n) is 3.44. The van der Waals surface area contributed by atoms with Crippen molar-refractivity contribution in [2.45, 2.75) is 24.0 Å². The summed E-state index contributed by atoms with van der Waals surface area (Å²) in [5, 5.41) is 8.91. The number of alkyl halides is 3. The molecule has 5 nitrogen and oxygen atoms in total. The quantitative estimate of drug-likeness (QED) is 0.580. The smallest absolute Gasteiger partial charge is 0.368 e. The second-order valence-electron chi connectivity index (χ2n) is 6.83. The number of hydrogen-bond acceptors (Lipinski definition) is 4. The third-order valence-corrected chi connectivity index (χ3v) is 7.36. The van der Waals surface area contributed by atoms with Gasteiger partial charge < -0.3 is 4.90 Å². The molecule has 1 aliphatic rings. The molecule has 11 heteroatoms. The van der Waals surface area contributed by atoms with Gasteiger partial charge >= 0.3 is 6.18 Å². The summed E-state index contributed by atoms with van der Waals surface area (Å²) >= 11 is 3.07. The lowest BCUT2D eigenvalue weighted by molar-refractivity contribution is -0.137. The summed E-state index contributed by atoms with van der Waals surface area (Å²) in [6.07, 6.45) is -4.67. The number of rotatable bonds is 3. The molecule has 1 unspecified atom stereocenters. The Morgan fingerprint density at radius 1 is 1.17 bits per heavy atom. The van der Waals surface area contributed by atoms with Crippen LogP contribution in [-0.4, -0.2) is 38.4 Å². The Balaban J connectivity index is 1.90. The minimum atomic E-state index is -4.67. The van der Waals surface area contributed by atoms with Crippen LogP contribution in [0.3, 0.4) is 0 Å². The van der Waals surface area contributed by atoms with Crippen molar-refractivity contribution >= 4 is 31.6 Å². The topological polar surface area (TPSA) is 64.4 Å². The van der Waals surface area contributed by atoms with E-state index in [4.69, 9.17) is 5.26 Å². The van der Waals surface area contributed by atoms with Crippen molar-refractivity contribution in [1.29, 1.82) is 5.26 Å². The van der Waals surface area contributed by atoms with Gasteiger partial charge in [-0.3, -0.25) is 0 Å². The highest BCUT2D eigenvalue weighted by Gasteiger charge is 2.39. The Kier molecular flexibility index (Phi) is 6.13. The SMILES string of the molecule is CC1CN(c2ccc(C#N)cc2C(F)(F)F)CCN1S(=O)(=O)c1ccc(Br)cc1F. The molecule has 0 aliphatic carbocycles. The van der Waals surface area contributed by atoms with Gasteiger partial charge in [-0.1, -0.05) is 15.9 Å². The van der Waals surface area contributed by atoms with Crippen LogP contribution < -0.4 is 4.90 Å². The Morgan fingerprint density at radius 2 is 1.87 bits per heavy atom. The first-order valence-corrected chi connectivity index (χ1v) is 11.0. The number of nitrogens with zero attached hydrogens (tertiary/aromatic N) is 3. The molecule has 0 spiro atoms. The molecule has 0 aromatic heterocycles. The van der Waals surface area contributed by atoms with Crippen LogP contribution in [-0.2, 0) is 16.2 Å². The molecule has 1 atom stereocenters. The van der Waals surface area contributed by atoms with Crippen LogP contribution in [0, 0.1) is 17.1 Å². The number of halogens is 5. The number of sulfonamides is 1. The van der Waals surface area contributed by atoms with Gasteiger partial charge in [0.05, 0.1) is 17.2 Å². The molecule has 2 aromatic rings. The first-order valence-electron chi connectivity index (χ1n) is 8.78. The van der Waals surface area contributed by atoms with Crippen LogP contribution in [0.2, 0.25) is 0 Å². The molecular weight excluding hydrogens is 490 g/mol. The molecule has 2 aromatic carbocycles. The number of anilines is 1. The zero-order valence-corrected chi connectivity index (χ0v) is 18.0. The highest BCUT2D eigenvalue weighted by Crippen LogP contribution is 2.38. The minimum absolute atomic E-state index is 0.0172. The third kappa shape index (κ3) is 4.31. The molecule has 1 saturated heterocycles. The van der Waals surface area contributed by atoms with E-state index in [1.165, 1.54) is 23.1 Å². The normalized spacial score (nSPS) is 18.3. The first-order chi connectivity index (χ1) is 13.9. The average Bonchev–Trinajstić information content (AvgIpc) is 2.66. The Morgan fingerprint density at radius 3 is 2.43 bits per heavy atom. The standard InChI is InChI=1S/C19H16BrF4N3O2S/c1-12-11-26(17-4-2-13(10-25)8-15(17)19(22,23)24)6-7-27(12)30(28,29)18-5-3-14(20)9-16(18)21/h2-5,8-9,12H,6-7,11H2,1H3. The summed E-state index contributed by atoms with van der Waals surface area (Å²) in [5.74, 6) is -0.912. The summed E-state index contributed by atoms with van der Waals surface area (Å²) in [7, 11) is -4.17. The van der Waals surface area contributed by atoms with Crippen molar-refractivity contribution in [2.24, 2.45) is 0 Å². The number of piperazine rings is 1. The van der Waals surface area contributed by atoms with E-state index < -0.39 is 38.5 Å². The summed E-state index contributed by atoms with van der Waals surface area (Å²) in [6, 6.07) is 7.86. The molecule has 0 amide bonds. The molecular formula is C19H16BrF4N3O2S. The van der Waals surface area contributed by atoms with Crippen LogP contribution >= 0.6 is 15.9 Å². The van der Waals surface area contributed by atoms with Gasteiger partial charge in [-0.05, 0) is 43.3 Å². The van der Waals surface area contributed by atoms with E-state index in [1.54, 1.807) is 13.0 Å². The van der Waals surface area contributed by atoms with Crippen molar-refractivity contribution in [3.63, 3.8) is 0 Å². The maximum Gasteiger partial charge on any atom is 0.418 e. The second-order valence-corrected chi connectivity index (χ2v) is 9.60. The maximum absolute atomic E-state index is 14.2. The number of nitriles is 1. The zero-order chi connectivity index (χ0) is 22.3. The van der Waals surface area contributed by atoms with Crippen LogP contribution in [0.25, 0.3) is 0 Å². The Bertz CT molecular complexity index is 1120. The van der Waals surface area contributed by atoms with E-state index in [9.17, 15) is 26.0 Å². The van der Waals surface area contributed by atoms with E-state index in [0.29, 0.717) is 4.47 Å². The summed E-state index contributed by atoms with van der Waals surface area (Å²) in [5.41, 5.74) is -1.20. The predicted octanol–water partition coefficient (Wildman–Crippen LogP) is 4.38. The molecule has 0 N–H and O–H groups in total. The van der Waals surface area contributed by atoms with E-state index >= 15 is 0 Å². The van der Waals surface area contributed by atoms with Gasteiger partial charge in [0.1, 0.15) is 10.7 Å². The van der Waals surface area contributed by atoms with Crippen LogP contribution in [0.4, 0.5) is 23.2 Å². The maximum atomic E-state index is 14.2. The molecule has 0 saturated carbocycles. The van der Waals surface area contributed by atoms with Crippen molar-refractivity contribution < 1.29 is 26.0 Å². The molecule has 1 heterocycles. The van der Waals surface area contributed by atoms with Crippen molar-refractivity contribution in [3.05, 3.63) is 57.8 Å². The fourth-order valence-corrected chi connectivity index (χ4v) is 5.43. The zero-order valence-electron chi connectivity index (χ0n) is 15.6. The van der Waals surface area contributed by atoms with Gasteiger partial charge in [0.25, 0.3) is 0 Å². The van der Waals surface area contributed by atoms with Gasteiger partial charge in [-0.25, -0.2) is 12.8 Å². The fraction of sp³-hybridized carbons (Fsp3) is 0.316. The molecule has 1 aliphatic heterocycles. The van der Waals surface area contributed by atoms with Gasteiger partial charge in [-0.15, -0.1) is 0 Å². The lowest BCUT2D eigenvalue weighted by Crippen LogP contribution is -2.54. The third-order valence-electron chi connectivity index (χ3n) is 4.82. The van der Waals surface area contributed by atoms with Gasteiger partial charge in [0.15, 0.2) is 0 Å². The lowest BCUT2D eigenvalue weighted by Gasteiger charge is -2.40. The first kappa shape index (κ1) is 22.5. The average molecular weight is 506 g/mol. The summed E-state index contributed by atoms with van der Waals surface area (Å²) in [4.78, 5) is 0.943. The van der Waals surface area contributed by atoms with E-state index in [-0.39, 0.29) is 30.9 Å². The number of hydrogen-bond donors (Lipinski definition) is 0. The van der Waals surface area contributed by atoms with Gasteiger partial charge in [0.2, 0.25) is 10.0 Å². The molecule has 160 valence electrons. The largest absolute Gasteiger partial charge is 0.418 e. The summed E-state index contributed by atoms with van der Waals surface area (Å²) in [6.45, 7) is 1.40. The Hall–Kier alpha value is -2.16. The molecule has 0 bridgehead atoms. The predicted molar refractivity (Wildman–Crippen MR) is 106 cm³/mol. The van der Waals surface area contributed by atoms with Crippen LogP contribution in [0.5, 0.6) is 0 Å². The van der Waals surface area contributed by atoms with E-state index in [0.717, 1.165) is 22.5 Å². The molecule has 30 heavy (non-hydrogen) atoms. The second kappa shape index (κ2) is 8.17. The van der Waals surface area contributed by atoms with Gasteiger partial charge in [-0.2, -0.15) is 22.7 Å². The van der Waals surface area contributed by atoms with Crippen molar-refractivity contribution in [2.75, 3.05) is 24.5 Å².